The molecule has 1 aromatic carbocycles. The van der Waals surface area contributed by atoms with Crippen molar-refractivity contribution >= 4 is 35.2 Å². The molecular weight excluding hydrogens is 442 g/mol. The zero-order valence-corrected chi connectivity index (χ0v) is 19.4. The van der Waals surface area contributed by atoms with E-state index in [1.54, 1.807) is 45.9 Å². The Morgan fingerprint density at radius 2 is 1.94 bits per heavy atom. The summed E-state index contributed by atoms with van der Waals surface area (Å²) in [6, 6.07) is 4.56. The lowest BCUT2D eigenvalue weighted by molar-refractivity contribution is -0.133. The number of halogens is 3. The lowest BCUT2D eigenvalue weighted by atomic mass is 9.85. The number of amides is 2. The van der Waals surface area contributed by atoms with Gasteiger partial charge in [0.25, 0.3) is 0 Å². The summed E-state index contributed by atoms with van der Waals surface area (Å²) in [6.07, 6.45) is -1.31. The molecule has 0 saturated heterocycles. The number of ether oxygens (including phenoxy) is 1. The third-order valence-corrected chi connectivity index (χ3v) is 6.04. The average Bonchev–Trinajstić information content (AvgIpc) is 2.63. The fraction of sp³-hybridized carbons (Fsp3) is 0.591. The van der Waals surface area contributed by atoms with E-state index in [1.165, 1.54) is 4.90 Å². The monoisotopic (exact) mass is 470 g/mol. The Bertz CT molecular complexity index is 938. The summed E-state index contributed by atoms with van der Waals surface area (Å²) in [5.41, 5.74) is 4.93. The van der Waals surface area contributed by atoms with Crippen LogP contribution in [0, 0.1) is 0 Å². The van der Waals surface area contributed by atoms with Crippen molar-refractivity contribution < 1.29 is 23.1 Å². The molecule has 3 N–H and O–H groups in total. The minimum atomic E-state index is -2.76. The topological polar surface area (TPSA) is 97.0 Å². The summed E-state index contributed by atoms with van der Waals surface area (Å²) in [5, 5.41) is 2.84. The first kappa shape index (κ1) is 24.2. The van der Waals surface area contributed by atoms with E-state index in [1.807, 2.05) is 0 Å². The number of guanidine groups is 1. The van der Waals surface area contributed by atoms with Gasteiger partial charge < -0.3 is 10.5 Å². The van der Waals surface area contributed by atoms with Gasteiger partial charge in [-0.25, -0.2) is 18.6 Å². The van der Waals surface area contributed by atoms with Crippen molar-refractivity contribution in [3.05, 3.63) is 28.8 Å². The third-order valence-electron chi connectivity index (χ3n) is 5.62. The molecule has 1 fully saturated rings. The van der Waals surface area contributed by atoms with Crippen LogP contribution < -0.4 is 11.1 Å². The molecule has 0 bridgehead atoms. The van der Waals surface area contributed by atoms with Crippen LogP contribution in [0.15, 0.2) is 23.2 Å². The highest BCUT2D eigenvalue weighted by molar-refractivity contribution is 6.34. The molecule has 1 aliphatic heterocycles. The Kier molecular flexibility index (Phi) is 6.43. The highest BCUT2D eigenvalue weighted by Crippen LogP contribution is 2.42. The van der Waals surface area contributed by atoms with Crippen LogP contribution in [-0.2, 0) is 15.1 Å². The second-order valence-electron chi connectivity index (χ2n) is 9.57. The van der Waals surface area contributed by atoms with Crippen LogP contribution in [0.4, 0.5) is 19.3 Å². The minimum absolute atomic E-state index is 0.0355. The Balaban J connectivity index is 2.00. The summed E-state index contributed by atoms with van der Waals surface area (Å²) in [6.45, 7) is 6.84. The van der Waals surface area contributed by atoms with E-state index in [2.05, 4.69) is 10.3 Å². The van der Waals surface area contributed by atoms with Gasteiger partial charge in [0.15, 0.2) is 0 Å². The molecule has 2 aliphatic rings. The number of alkyl carbamates (subject to hydrolysis) is 1. The van der Waals surface area contributed by atoms with Crippen LogP contribution >= 0.6 is 11.6 Å². The van der Waals surface area contributed by atoms with Gasteiger partial charge in [-0.3, -0.25) is 15.0 Å². The Labute approximate surface area is 191 Å². The molecule has 0 radical (unpaired) electrons. The first-order valence-corrected chi connectivity index (χ1v) is 10.9. The number of carbonyl (C=O) groups is 2. The molecule has 3 rings (SSSR count). The lowest BCUT2D eigenvalue weighted by Gasteiger charge is -2.42. The highest BCUT2D eigenvalue weighted by atomic mass is 35.5. The standard InChI is InChI=1S/C22H29ClF2N4O3/c1-20(2,3)32-19(31)27-18-28-21(4,14-6-5-7-15(26)17(14)23)12-16(30)29(18)13-8-10-22(24,25)11-9-13/h5-7,13H,8-12,26H2,1-4H3,(H,27,28,31)/t21-/m0/s1. The van der Waals surface area contributed by atoms with Gasteiger partial charge in [-0.05, 0) is 46.6 Å². The van der Waals surface area contributed by atoms with Crippen molar-refractivity contribution in [3.63, 3.8) is 0 Å². The maximum atomic E-state index is 13.7. The Hall–Kier alpha value is -2.42. The summed E-state index contributed by atoms with van der Waals surface area (Å²) in [5.74, 6) is -3.14. The zero-order chi connectivity index (χ0) is 23.9. The maximum Gasteiger partial charge on any atom is 0.414 e. The number of benzene rings is 1. The molecule has 1 atom stereocenters. The van der Waals surface area contributed by atoms with E-state index in [0.29, 0.717) is 11.3 Å². The number of nitrogens with zero attached hydrogens (tertiary/aromatic N) is 2. The average molecular weight is 471 g/mol. The van der Waals surface area contributed by atoms with E-state index in [4.69, 9.17) is 22.1 Å². The molecule has 1 aliphatic carbocycles. The smallest absolute Gasteiger partial charge is 0.414 e. The molecule has 0 aromatic heterocycles. The van der Waals surface area contributed by atoms with Gasteiger partial charge >= 0.3 is 6.09 Å². The van der Waals surface area contributed by atoms with Gasteiger partial charge in [-0.1, -0.05) is 23.7 Å². The van der Waals surface area contributed by atoms with E-state index < -0.39 is 29.2 Å². The van der Waals surface area contributed by atoms with Crippen LogP contribution in [0.2, 0.25) is 5.02 Å². The number of hydrogen-bond donors (Lipinski definition) is 2. The van der Waals surface area contributed by atoms with Crippen molar-refractivity contribution in [2.24, 2.45) is 4.99 Å². The number of aliphatic imine (C=N–C) groups is 1. The number of nitrogen functional groups attached to an aromatic ring is 1. The quantitative estimate of drug-likeness (QED) is 0.605. The minimum Gasteiger partial charge on any atom is -0.444 e. The Morgan fingerprint density at radius 3 is 2.53 bits per heavy atom. The first-order chi connectivity index (χ1) is 14.7. The van der Waals surface area contributed by atoms with Gasteiger partial charge in [-0.2, -0.15) is 0 Å². The van der Waals surface area contributed by atoms with Gasteiger partial charge in [0.1, 0.15) is 5.60 Å². The predicted octanol–water partition coefficient (Wildman–Crippen LogP) is 4.83. The number of nitrogens with two attached hydrogens (primary N) is 1. The van der Waals surface area contributed by atoms with Crippen molar-refractivity contribution in [1.29, 1.82) is 0 Å². The van der Waals surface area contributed by atoms with Crippen LogP contribution in [0.3, 0.4) is 0 Å². The van der Waals surface area contributed by atoms with Gasteiger partial charge in [0.2, 0.25) is 17.8 Å². The number of alkyl halides is 2. The normalized spacial score (nSPS) is 24.2. The molecule has 1 heterocycles. The van der Waals surface area contributed by atoms with Gasteiger partial charge in [-0.15, -0.1) is 0 Å². The molecule has 32 heavy (non-hydrogen) atoms. The second-order valence-corrected chi connectivity index (χ2v) is 9.95. The number of anilines is 1. The molecule has 7 nitrogen and oxygen atoms in total. The van der Waals surface area contributed by atoms with Crippen LogP contribution in [0.1, 0.15) is 65.4 Å². The summed E-state index contributed by atoms with van der Waals surface area (Å²) < 4.78 is 32.8. The second kappa shape index (κ2) is 8.50. The predicted molar refractivity (Wildman–Crippen MR) is 119 cm³/mol. The largest absolute Gasteiger partial charge is 0.444 e. The van der Waals surface area contributed by atoms with Crippen LogP contribution in [-0.4, -0.2) is 40.4 Å². The van der Waals surface area contributed by atoms with E-state index in [0.717, 1.165) is 0 Å². The molecule has 2 amide bonds. The van der Waals surface area contributed by atoms with Crippen molar-refractivity contribution in [2.45, 2.75) is 82.9 Å². The fourth-order valence-electron chi connectivity index (χ4n) is 4.09. The number of hydrogen-bond acceptors (Lipinski definition) is 5. The molecule has 176 valence electrons. The van der Waals surface area contributed by atoms with Crippen molar-refractivity contribution in [3.8, 4) is 0 Å². The van der Waals surface area contributed by atoms with Crippen LogP contribution in [0.5, 0.6) is 0 Å². The van der Waals surface area contributed by atoms with Gasteiger partial charge in [0, 0.05) is 24.4 Å². The molecule has 0 spiro atoms. The highest BCUT2D eigenvalue weighted by Gasteiger charge is 2.45. The molecule has 10 heteroatoms. The molecule has 1 aromatic rings. The summed E-state index contributed by atoms with van der Waals surface area (Å²) >= 11 is 6.41. The zero-order valence-electron chi connectivity index (χ0n) is 18.7. The SMILES string of the molecule is CC(C)(C)OC(=O)NC1=N[C@](C)(c2cccc(N)c2Cl)CC(=O)N1C1CCC(F)(F)CC1. The number of nitrogens with one attached hydrogen (secondary N) is 1. The molecular formula is C22H29ClF2N4O3. The third kappa shape index (κ3) is 5.31. The van der Waals surface area contributed by atoms with E-state index >= 15 is 0 Å². The van der Waals surface area contributed by atoms with Crippen molar-refractivity contribution in [2.75, 3.05) is 5.73 Å². The lowest BCUT2D eigenvalue weighted by Crippen LogP contribution is -2.58. The van der Waals surface area contributed by atoms with Crippen LogP contribution in [0.25, 0.3) is 0 Å². The summed E-state index contributed by atoms with van der Waals surface area (Å²) in [7, 11) is 0. The number of rotatable bonds is 2. The molecule has 1 saturated carbocycles. The molecule has 0 unspecified atom stereocenters. The van der Waals surface area contributed by atoms with Gasteiger partial charge in [0.05, 0.1) is 22.7 Å². The van der Waals surface area contributed by atoms with E-state index in [-0.39, 0.29) is 49.0 Å². The fourth-order valence-corrected chi connectivity index (χ4v) is 4.42. The Morgan fingerprint density at radius 1 is 1.31 bits per heavy atom. The van der Waals surface area contributed by atoms with Crippen molar-refractivity contribution in [1.82, 2.24) is 10.2 Å². The number of carbonyl (C=O) groups excluding carboxylic acids is 2. The first-order valence-electron chi connectivity index (χ1n) is 10.5. The maximum absolute atomic E-state index is 13.7. The van der Waals surface area contributed by atoms with E-state index in [9.17, 15) is 18.4 Å². The summed E-state index contributed by atoms with van der Waals surface area (Å²) in [4.78, 5) is 31.8.